The van der Waals surface area contributed by atoms with Crippen LogP contribution < -0.4 is 5.32 Å². The number of thioether (sulfide) groups is 1. The van der Waals surface area contributed by atoms with Crippen LogP contribution in [0.4, 0.5) is 0 Å². The molecule has 1 N–H and O–H groups in total. The zero-order valence-corrected chi connectivity index (χ0v) is 13.2. The Labute approximate surface area is 117 Å². The summed E-state index contributed by atoms with van der Waals surface area (Å²) in [6.45, 7) is 9.04. The van der Waals surface area contributed by atoms with Crippen molar-refractivity contribution < 1.29 is 0 Å². The fourth-order valence-corrected chi connectivity index (χ4v) is 2.93. The average molecular weight is 265 g/mol. The molecule has 0 bridgehead atoms. The Morgan fingerprint density at radius 1 is 1.06 bits per heavy atom. The van der Waals surface area contributed by atoms with Crippen molar-refractivity contribution in [2.24, 2.45) is 5.92 Å². The molecule has 18 heavy (non-hydrogen) atoms. The van der Waals surface area contributed by atoms with Crippen LogP contribution in [0, 0.1) is 5.92 Å². The molecule has 1 unspecified atom stereocenters. The van der Waals surface area contributed by atoms with E-state index in [9.17, 15) is 0 Å². The van der Waals surface area contributed by atoms with E-state index in [4.69, 9.17) is 0 Å². The number of nitrogens with one attached hydrogen (secondary N) is 1. The van der Waals surface area contributed by atoms with Crippen LogP contribution in [0.2, 0.25) is 0 Å². The van der Waals surface area contributed by atoms with E-state index in [0.717, 1.165) is 11.7 Å². The van der Waals surface area contributed by atoms with E-state index in [-0.39, 0.29) is 0 Å². The Kier molecular flexibility index (Phi) is 6.80. The van der Waals surface area contributed by atoms with Crippen LogP contribution in [0.3, 0.4) is 0 Å². The molecule has 1 atom stereocenters. The molecule has 1 aromatic carbocycles. The minimum atomic E-state index is 0.463. The summed E-state index contributed by atoms with van der Waals surface area (Å²) in [5.41, 5.74) is 2.85. The zero-order valence-electron chi connectivity index (χ0n) is 12.4. The van der Waals surface area contributed by atoms with E-state index in [2.05, 4.69) is 57.3 Å². The lowest BCUT2D eigenvalue weighted by Crippen LogP contribution is -2.19. The summed E-state index contributed by atoms with van der Waals surface area (Å²) in [5, 5.41) is 4.11. The van der Waals surface area contributed by atoms with Crippen molar-refractivity contribution in [1.29, 1.82) is 0 Å². The molecule has 0 aromatic heterocycles. The summed E-state index contributed by atoms with van der Waals surface area (Å²) in [7, 11) is 2.05. The third kappa shape index (κ3) is 5.45. The molecule has 102 valence electrons. The first-order valence-electron chi connectivity index (χ1n) is 6.90. The second-order valence-corrected chi connectivity index (χ2v) is 7.17. The Hall–Kier alpha value is -0.470. The quantitative estimate of drug-likeness (QED) is 0.789. The van der Waals surface area contributed by atoms with Crippen LogP contribution in [-0.2, 0) is 6.42 Å². The van der Waals surface area contributed by atoms with Crippen LogP contribution in [0.1, 0.15) is 44.9 Å². The van der Waals surface area contributed by atoms with E-state index in [1.807, 2.05) is 18.8 Å². The normalized spacial score (nSPS) is 13.3. The van der Waals surface area contributed by atoms with Gasteiger partial charge in [-0.15, -0.1) is 0 Å². The van der Waals surface area contributed by atoms with E-state index in [1.165, 1.54) is 17.5 Å². The van der Waals surface area contributed by atoms with Crippen molar-refractivity contribution in [2.45, 2.75) is 45.4 Å². The van der Waals surface area contributed by atoms with Crippen molar-refractivity contribution in [3.63, 3.8) is 0 Å². The first-order chi connectivity index (χ1) is 8.52. The fourth-order valence-electron chi connectivity index (χ4n) is 1.99. The van der Waals surface area contributed by atoms with Gasteiger partial charge < -0.3 is 5.32 Å². The highest BCUT2D eigenvalue weighted by molar-refractivity contribution is 7.99. The first-order valence-corrected chi connectivity index (χ1v) is 7.95. The predicted molar refractivity (Wildman–Crippen MR) is 84.4 cm³/mol. The molecule has 0 spiro atoms. The minimum absolute atomic E-state index is 0.463. The monoisotopic (exact) mass is 265 g/mol. The van der Waals surface area contributed by atoms with Gasteiger partial charge in [-0.1, -0.05) is 52.0 Å². The summed E-state index contributed by atoms with van der Waals surface area (Å²) < 4.78 is 0. The number of hydrogen-bond donors (Lipinski definition) is 1. The van der Waals surface area contributed by atoms with E-state index >= 15 is 0 Å². The molecule has 1 nitrogen and oxygen atoms in total. The van der Waals surface area contributed by atoms with Gasteiger partial charge in [-0.2, -0.15) is 11.8 Å². The molecule has 0 aliphatic heterocycles. The lowest BCUT2D eigenvalue weighted by Gasteiger charge is -2.18. The number of rotatable bonds is 7. The average Bonchev–Trinajstić information content (AvgIpc) is 2.31. The lowest BCUT2D eigenvalue weighted by atomic mass is 10.00. The Balaban J connectivity index is 2.63. The van der Waals surface area contributed by atoms with Gasteiger partial charge in [0.25, 0.3) is 0 Å². The Morgan fingerprint density at radius 2 is 1.67 bits per heavy atom. The summed E-state index contributed by atoms with van der Waals surface area (Å²) in [5.74, 6) is 1.87. The van der Waals surface area contributed by atoms with Crippen molar-refractivity contribution >= 4 is 11.8 Å². The maximum Gasteiger partial charge on any atom is 0.0409 e. The standard InChI is InChI=1S/C16H27NS/c1-12(2)10-14-6-8-15(9-7-14)16(17-5)11-18-13(3)4/h6-9,12-13,16-17H,10-11H2,1-5H3. The van der Waals surface area contributed by atoms with Gasteiger partial charge in [0.05, 0.1) is 0 Å². The van der Waals surface area contributed by atoms with Gasteiger partial charge in [0, 0.05) is 11.8 Å². The van der Waals surface area contributed by atoms with Crippen molar-refractivity contribution in [1.82, 2.24) is 5.32 Å². The summed E-state index contributed by atoms with van der Waals surface area (Å²) in [6, 6.07) is 9.57. The third-order valence-corrected chi connectivity index (χ3v) is 4.16. The largest absolute Gasteiger partial charge is 0.312 e. The lowest BCUT2D eigenvalue weighted by molar-refractivity contribution is 0.643. The maximum atomic E-state index is 3.41. The Bertz CT molecular complexity index is 329. The molecular weight excluding hydrogens is 238 g/mol. The van der Waals surface area contributed by atoms with Gasteiger partial charge >= 0.3 is 0 Å². The second-order valence-electron chi connectivity index (χ2n) is 5.56. The SMILES string of the molecule is CNC(CSC(C)C)c1ccc(CC(C)C)cc1. The molecule has 0 fully saturated rings. The molecule has 0 saturated heterocycles. The first kappa shape index (κ1) is 15.6. The molecule has 0 heterocycles. The highest BCUT2D eigenvalue weighted by Gasteiger charge is 2.10. The van der Waals surface area contributed by atoms with Gasteiger partial charge in [0.2, 0.25) is 0 Å². The predicted octanol–water partition coefficient (Wildman–Crippen LogP) is 4.29. The summed E-state index contributed by atoms with van der Waals surface area (Å²) in [6.07, 6.45) is 1.17. The molecule has 0 amide bonds. The molecular formula is C16H27NS. The van der Waals surface area contributed by atoms with Crippen LogP contribution in [0.25, 0.3) is 0 Å². The highest BCUT2D eigenvalue weighted by atomic mass is 32.2. The van der Waals surface area contributed by atoms with Crippen molar-refractivity contribution in [3.8, 4) is 0 Å². The molecule has 0 saturated carbocycles. The van der Waals surface area contributed by atoms with E-state index < -0.39 is 0 Å². The van der Waals surface area contributed by atoms with Crippen molar-refractivity contribution in [2.75, 3.05) is 12.8 Å². The molecule has 1 rings (SSSR count). The minimum Gasteiger partial charge on any atom is -0.312 e. The van der Waals surface area contributed by atoms with E-state index in [1.54, 1.807) is 0 Å². The second kappa shape index (κ2) is 7.85. The molecule has 0 aliphatic carbocycles. The number of hydrogen-bond acceptors (Lipinski definition) is 2. The number of benzene rings is 1. The van der Waals surface area contributed by atoms with Crippen LogP contribution in [0.15, 0.2) is 24.3 Å². The summed E-state index contributed by atoms with van der Waals surface area (Å²) >= 11 is 2.01. The van der Waals surface area contributed by atoms with Crippen LogP contribution >= 0.6 is 11.8 Å². The highest BCUT2D eigenvalue weighted by Crippen LogP contribution is 2.21. The van der Waals surface area contributed by atoms with E-state index in [0.29, 0.717) is 11.3 Å². The van der Waals surface area contributed by atoms with Gasteiger partial charge in [-0.25, -0.2) is 0 Å². The van der Waals surface area contributed by atoms with Crippen LogP contribution in [-0.4, -0.2) is 18.1 Å². The molecule has 2 heteroatoms. The molecule has 0 aliphatic rings. The molecule has 1 aromatic rings. The third-order valence-electron chi connectivity index (χ3n) is 2.97. The Morgan fingerprint density at radius 3 is 2.11 bits per heavy atom. The smallest absolute Gasteiger partial charge is 0.0409 e. The van der Waals surface area contributed by atoms with Gasteiger partial charge in [0.1, 0.15) is 0 Å². The summed E-state index contributed by atoms with van der Waals surface area (Å²) in [4.78, 5) is 0. The van der Waals surface area contributed by atoms with Gasteiger partial charge in [-0.3, -0.25) is 0 Å². The van der Waals surface area contributed by atoms with Gasteiger partial charge in [0.15, 0.2) is 0 Å². The van der Waals surface area contributed by atoms with Gasteiger partial charge in [-0.05, 0) is 35.8 Å². The van der Waals surface area contributed by atoms with Crippen LogP contribution in [0.5, 0.6) is 0 Å². The van der Waals surface area contributed by atoms with Crippen molar-refractivity contribution in [3.05, 3.63) is 35.4 Å². The zero-order chi connectivity index (χ0) is 13.5. The fraction of sp³-hybridized carbons (Fsp3) is 0.625. The molecule has 0 radical (unpaired) electrons. The maximum absolute atomic E-state index is 3.41. The topological polar surface area (TPSA) is 12.0 Å².